The van der Waals surface area contributed by atoms with Crippen LogP contribution < -0.4 is 11.2 Å². The summed E-state index contributed by atoms with van der Waals surface area (Å²) in [7, 11) is 0. The van der Waals surface area contributed by atoms with Crippen LogP contribution in [-0.2, 0) is 4.74 Å². The van der Waals surface area contributed by atoms with Crippen molar-refractivity contribution in [1.82, 2.24) is 9.55 Å². The molecule has 2 rings (SSSR count). The SMILES string of the molecule is [2H][C@]1(O)C[C@H](n2ccc(=O)[nH]c2=O)O[C@@H]1CO. The first-order valence-electron chi connectivity index (χ1n) is 5.24. The van der Waals surface area contributed by atoms with E-state index in [0.29, 0.717) is 0 Å². The van der Waals surface area contributed by atoms with Gasteiger partial charge < -0.3 is 14.9 Å². The van der Waals surface area contributed by atoms with E-state index < -0.39 is 36.3 Å². The number of hydrogen-bond acceptors (Lipinski definition) is 5. The van der Waals surface area contributed by atoms with Crippen LogP contribution in [0, 0.1) is 0 Å². The molecule has 1 aliphatic rings. The maximum absolute atomic E-state index is 11.5. The maximum atomic E-state index is 11.5. The van der Waals surface area contributed by atoms with Gasteiger partial charge in [-0.1, -0.05) is 0 Å². The van der Waals surface area contributed by atoms with Gasteiger partial charge in [0.2, 0.25) is 0 Å². The van der Waals surface area contributed by atoms with Crippen LogP contribution in [-0.4, -0.2) is 38.6 Å². The van der Waals surface area contributed by atoms with Gasteiger partial charge in [0.15, 0.2) is 0 Å². The molecule has 0 radical (unpaired) electrons. The molecule has 16 heavy (non-hydrogen) atoms. The van der Waals surface area contributed by atoms with Crippen LogP contribution in [0.3, 0.4) is 0 Å². The fraction of sp³-hybridized carbons (Fsp3) is 0.556. The molecule has 0 spiro atoms. The average molecular weight is 229 g/mol. The summed E-state index contributed by atoms with van der Waals surface area (Å²) < 4.78 is 13.8. The highest BCUT2D eigenvalue weighted by Crippen LogP contribution is 2.26. The lowest BCUT2D eigenvalue weighted by Crippen LogP contribution is -2.31. The van der Waals surface area contributed by atoms with Crippen molar-refractivity contribution in [2.45, 2.75) is 24.8 Å². The molecule has 88 valence electrons. The number of aliphatic hydroxyl groups is 2. The van der Waals surface area contributed by atoms with E-state index in [4.69, 9.17) is 11.2 Å². The Labute approximate surface area is 91.3 Å². The summed E-state index contributed by atoms with van der Waals surface area (Å²) in [6.45, 7) is -0.519. The second kappa shape index (κ2) is 4.20. The van der Waals surface area contributed by atoms with E-state index in [2.05, 4.69) is 0 Å². The van der Waals surface area contributed by atoms with Crippen molar-refractivity contribution in [3.05, 3.63) is 33.1 Å². The van der Waals surface area contributed by atoms with E-state index in [-0.39, 0.29) is 6.42 Å². The summed E-state index contributed by atoms with van der Waals surface area (Å²) in [5.74, 6) is 0. The van der Waals surface area contributed by atoms with Crippen molar-refractivity contribution in [3.8, 4) is 0 Å². The third kappa shape index (κ3) is 1.92. The zero-order valence-corrected chi connectivity index (χ0v) is 8.29. The van der Waals surface area contributed by atoms with Gasteiger partial charge in [-0.3, -0.25) is 14.3 Å². The van der Waals surface area contributed by atoms with Gasteiger partial charge in [-0.25, -0.2) is 4.79 Å². The Morgan fingerprint density at radius 1 is 1.69 bits per heavy atom. The fourth-order valence-corrected chi connectivity index (χ4v) is 1.59. The van der Waals surface area contributed by atoms with Crippen molar-refractivity contribution < 1.29 is 16.3 Å². The lowest BCUT2D eigenvalue weighted by atomic mass is 10.2. The van der Waals surface area contributed by atoms with E-state index in [1.165, 1.54) is 6.20 Å². The van der Waals surface area contributed by atoms with Crippen molar-refractivity contribution in [2.24, 2.45) is 0 Å². The molecule has 0 bridgehead atoms. The Morgan fingerprint density at radius 3 is 3.00 bits per heavy atom. The molecule has 0 amide bonds. The number of nitrogens with one attached hydrogen (secondary N) is 1. The maximum Gasteiger partial charge on any atom is 0.330 e. The standard InChI is InChI=1S/C9H12N2O5/c12-4-6-5(13)3-8(16-6)11-2-1-7(14)10-9(11)15/h1-2,5-6,8,12-13H,3-4H2,(H,10,14,15)/t5-,6+,8+/m0/s1/i5D. The number of aromatic nitrogens is 2. The van der Waals surface area contributed by atoms with Crippen LogP contribution in [0.5, 0.6) is 0 Å². The van der Waals surface area contributed by atoms with E-state index >= 15 is 0 Å². The minimum atomic E-state index is -1.95. The molecule has 1 aromatic heterocycles. The zero-order chi connectivity index (χ0) is 12.6. The lowest BCUT2D eigenvalue weighted by Gasteiger charge is -2.13. The highest BCUT2D eigenvalue weighted by molar-refractivity contribution is 4.88. The molecule has 7 heteroatoms. The van der Waals surface area contributed by atoms with E-state index in [1.807, 2.05) is 4.98 Å². The van der Waals surface area contributed by atoms with Crippen molar-refractivity contribution in [3.63, 3.8) is 0 Å². The van der Waals surface area contributed by atoms with E-state index in [1.54, 1.807) is 0 Å². The van der Waals surface area contributed by atoms with Gasteiger partial charge in [0.25, 0.3) is 5.56 Å². The summed E-state index contributed by atoms with van der Waals surface area (Å²) >= 11 is 0. The molecule has 1 aromatic rings. The van der Waals surface area contributed by atoms with Crippen molar-refractivity contribution in [1.29, 1.82) is 0 Å². The Bertz CT molecular complexity index is 523. The molecule has 1 fully saturated rings. The van der Waals surface area contributed by atoms with Crippen LogP contribution in [0.25, 0.3) is 0 Å². The monoisotopic (exact) mass is 229 g/mol. The third-order valence-corrected chi connectivity index (χ3v) is 2.40. The lowest BCUT2D eigenvalue weighted by molar-refractivity contribution is -0.0459. The highest BCUT2D eigenvalue weighted by atomic mass is 16.5. The second-order valence-electron chi connectivity index (χ2n) is 3.47. The molecule has 7 nitrogen and oxygen atoms in total. The number of ether oxygens (including phenoxy) is 1. The normalized spacial score (nSPS) is 35.0. The Morgan fingerprint density at radius 2 is 2.44 bits per heavy atom. The molecule has 0 unspecified atom stereocenters. The highest BCUT2D eigenvalue weighted by Gasteiger charge is 2.34. The van der Waals surface area contributed by atoms with Gasteiger partial charge >= 0.3 is 5.69 Å². The number of nitrogens with zero attached hydrogens (tertiary/aromatic N) is 1. The predicted molar refractivity (Wildman–Crippen MR) is 52.9 cm³/mol. The largest absolute Gasteiger partial charge is 0.394 e. The summed E-state index contributed by atoms with van der Waals surface area (Å²) in [6, 6.07) is 1.14. The van der Waals surface area contributed by atoms with Crippen molar-refractivity contribution >= 4 is 0 Å². The molecular formula is C9H12N2O5. The van der Waals surface area contributed by atoms with Crippen LogP contribution in [0.4, 0.5) is 0 Å². The van der Waals surface area contributed by atoms with Gasteiger partial charge in [-0.05, 0) is 0 Å². The number of aromatic amines is 1. The quantitative estimate of drug-likeness (QED) is 0.553. The van der Waals surface area contributed by atoms with E-state index in [0.717, 1.165) is 10.6 Å². The van der Waals surface area contributed by atoms with Gasteiger partial charge in [0.1, 0.15) is 12.3 Å². The van der Waals surface area contributed by atoms with Crippen molar-refractivity contribution in [2.75, 3.05) is 6.61 Å². The van der Waals surface area contributed by atoms with Gasteiger partial charge in [-0.2, -0.15) is 0 Å². The first-order valence-corrected chi connectivity index (χ1v) is 4.74. The molecular weight excluding hydrogens is 216 g/mol. The summed E-state index contributed by atoms with van der Waals surface area (Å²) in [5.41, 5.74) is -1.22. The molecule has 0 aromatic carbocycles. The Kier molecular flexibility index (Phi) is 2.56. The number of hydrogen-bond donors (Lipinski definition) is 3. The molecule has 1 saturated heterocycles. The molecule has 3 atom stereocenters. The summed E-state index contributed by atoms with van der Waals surface area (Å²) in [4.78, 5) is 24.4. The third-order valence-electron chi connectivity index (χ3n) is 2.40. The first kappa shape index (κ1) is 9.76. The number of H-pyrrole nitrogens is 1. The topological polar surface area (TPSA) is 105 Å². The first-order chi connectivity index (χ1) is 7.94. The van der Waals surface area contributed by atoms with Crippen LogP contribution in [0.15, 0.2) is 21.9 Å². The minimum Gasteiger partial charge on any atom is -0.394 e. The molecule has 0 saturated carbocycles. The molecule has 1 aliphatic heterocycles. The smallest absolute Gasteiger partial charge is 0.330 e. The average Bonchev–Trinajstić information content (AvgIpc) is 2.53. The van der Waals surface area contributed by atoms with Crippen LogP contribution >= 0.6 is 0 Å². The molecule has 0 aliphatic carbocycles. The number of aliphatic hydroxyl groups excluding tert-OH is 1. The minimum absolute atomic E-state index is 0.163. The summed E-state index contributed by atoms with van der Waals surface area (Å²) in [5, 5.41) is 18.6. The molecule has 2 heterocycles. The Hall–Kier alpha value is -1.44. The Balaban J connectivity index is 2.32. The summed E-state index contributed by atoms with van der Waals surface area (Å²) in [6.07, 6.45) is -2.84. The van der Waals surface area contributed by atoms with Gasteiger partial charge in [-0.15, -0.1) is 0 Å². The van der Waals surface area contributed by atoms with E-state index in [9.17, 15) is 14.7 Å². The van der Waals surface area contributed by atoms with Gasteiger partial charge in [0, 0.05) is 18.7 Å². The van der Waals surface area contributed by atoms with Crippen LogP contribution in [0.1, 0.15) is 14.0 Å². The zero-order valence-electron chi connectivity index (χ0n) is 9.29. The van der Waals surface area contributed by atoms with Crippen LogP contribution in [0.2, 0.25) is 0 Å². The second-order valence-corrected chi connectivity index (χ2v) is 3.47. The predicted octanol–water partition coefficient (Wildman–Crippen LogP) is -1.82. The molecule has 3 N–H and O–H groups in total. The number of rotatable bonds is 2. The van der Waals surface area contributed by atoms with Gasteiger partial charge in [0.05, 0.1) is 14.1 Å². The fourth-order valence-electron chi connectivity index (χ4n) is 1.59.